The van der Waals surface area contributed by atoms with Crippen LogP contribution in [0.25, 0.3) is 0 Å². The van der Waals surface area contributed by atoms with Gasteiger partial charge in [-0.2, -0.15) is 0 Å². The zero-order valence-corrected chi connectivity index (χ0v) is 11.5. The number of primary amides is 1. The van der Waals surface area contributed by atoms with E-state index in [-0.39, 0.29) is 17.9 Å². The van der Waals surface area contributed by atoms with E-state index in [1.54, 1.807) is 24.3 Å². The molecule has 0 spiro atoms. The molecule has 2 rings (SSSR count). The molecular weight excluding hydrogens is 254 g/mol. The molecule has 0 radical (unpaired) electrons. The fourth-order valence-corrected chi connectivity index (χ4v) is 2.61. The van der Waals surface area contributed by atoms with Crippen molar-refractivity contribution < 1.29 is 9.59 Å². The maximum Gasteiger partial charge on any atom is 0.248 e. The third kappa shape index (κ3) is 3.57. The number of benzene rings is 1. The molecule has 0 bridgehead atoms. The highest BCUT2D eigenvalue weighted by Gasteiger charge is 2.26. The van der Waals surface area contributed by atoms with E-state index in [0.29, 0.717) is 11.3 Å². The number of nitrogens with two attached hydrogens (primary N) is 2. The van der Waals surface area contributed by atoms with E-state index in [1.165, 1.54) is 0 Å². The molecule has 108 valence electrons. The minimum atomic E-state index is -0.478. The first-order valence-electron chi connectivity index (χ1n) is 7.04. The first-order valence-corrected chi connectivity index (χ1v) is 7.04. The van der Waals surface area contributed by atoms with Gasteiger partial charge in [0.25, 0.3) is 0 Å². The minimum absolute atomic E-state index is 0.0359. The molecule has 2 unspecified atom stereocenters. The summed E-state index contributed by atoms with van der Waals surface area (Å²) in [5, 5.41) is 2.86. The van der Waals surface area contributed by atoms with Crippen molar-refractivity contribution in [1.82, 2.24) is 0 Å². The van der Waals surface area contributed by atoms with Crippen molar-refractivity contribution in [2.45, 2.75) is 38.1 Å². The van der Waals surface area contributed by atoms with Crippen molar-refractivity contribution in [2.75, 3.05) is 5.32 Å². The number of rotatable bonds is 3. The van der Waals surface area contributed by atoms with Crippen LogP contribution in [0.4, 0.5) is 5.69 Å². The quantitative estimate of drug-likeness (QED) is 0.731. The number of hydrogen-bond donors (Lipinski definition) is 3. The Morgan fingerprint density at radius 2 is 1.70 bits per heavy atom. The van der Waals surface area contributed by atoms with Gasteiger partial charge in [-0.3, -0.25) is 9.59 Å². The average molecular weight is 275 g/mol. The van der Waals surface area contributed by atoms with Crippen LogP contribution in [0.1, 0.15) is 42.5 Å². The van der Waals surface area contributed by atoms with Crippen molar-refractivity contribution >= 4 is 17.5 Å². The Labute approximate surface area is 118 Å². The lowest BCUT2D eigenvalue weighted by atomic mass is 9.94. The van der Waals surface area contributed by atoms with E-state index in [9.17, 15) is 9.59 Å². The summed E-state index contributed by atoms with van der Waals surface area (Å²) < 4.78 is 0. The van der Waals surface area contributed by atoms with Gasteiger partial charge in [-0.15, -0.1) is 0 Å². The number of anilines is 1. The summed E-state index contributed by atoms with van der Waals surface area (Å²) in [6.45, 7) is 0. The number of carbonyl (C=O) groups is 2. The number of amides is 2. The van der Waals surface area contributed by atoms with E-state index in [4.69, 9.17) is 11.5 Å². The Hall–Kier alpha value is -1.88. The molecule has 1 fully saturated rings. The summed E-state index contributed by atoms with van der Waals surface area (Å²) >= 11 is 0. The zero-order chi connectivity index (χ0) is 14.5. The second-order valence-corrected chi connectivity index (χ2v) is 5.34. The van der Waals surface area contributed by atoms with Gasteiger partial charge >= 0.3 is 0 Å². The Morgan fingerprint density at radius 3 is 2.35 bits per heavy atom. The molecule has 1 saturated carbocycles. The normalized spacial score (nSPS) is 22.9. The van der Waals surface area contributed by atoms with Crippen molar-refractivity contribution in [3.63, 3.8) is 0 Å². The first kappa shape index (κ1) is 14.5. The van der Waals surface area contributed by atoms with Gasteiger partial charge in [0.1, 0.15) is 0 Å². The SMILES string of the molecule is NC(=O)c1ccc(NC(=O)C2CCCCCC2N)cc1. The van der Waals surface area contributed by atoms with Gasteiger partial charge in [-0.1, -0.05) is 19.3 Å². The molecule has 5 heteroatoms. The third-order valence-corrected chi connectivity index (χ3v) is 3.84. The summed E-state index contributed by atoms with van der Waals surface area (Å²) in [7, 11) is 0. The monoisotopic (exact) mass is 275 g/mol. The lowest BCUT2D eigenvalue weighted by Crippen LogP contribution is -2.37. The molecule has 5 N–H and O–H groups in total. The molecule has 2 amide bonds. The molecule has 0 aromatic heterocycles. The molecule has 2 atom stereocenters. The smallest absolute Gasteiger partial charge is 0.248 e. The van der Waals surface area contributed by atoms with Crippen LogP contribution in [0.5, 0.6) is 0 Å². The fourth-order valence-electron chi connectivity index (χ4n) is 2.61. The summed E-state index contributed by atoms with van der Waals surface area (Å²) in [6.07, 6.45) is 5.03. The molecule has 5 nitrogen and oxygen atoms in total. The number of hydrogen-bond acceptors (Lipinski definition) is 3. The highest BCUT2D eigenvalue weighted by atomic mass is 16.2. The van der Waals surface area contributed by atoms with Crippen molar-refractivity contribution in [2.24, 2.45) is 17.4 Å². The van der Waals surface area contributed by atoms with Gasteiger partial charge in [0.05, 0.1) is 5.92 Å². The summed E-state index contributed by atoms with van der Waals surface area (Å²) in [5.41, 5.74) is 12.3. The molecule has 1 aliphatic carbocycles. The van der Waals surface area contributed by atoms with Crippen LogP contribution >= 0.6 is 0 Å². The number of nitrogens with one attached hydrogen (secondary N) is 1. The summed E-state index contributed by atoms with van der Waals surface area (Å²) in [4.78, 5) is 23.2. The van der Waals surface area contributed by atoms with E-state index in [1.807, 2.05) is 0 Å². The minimum Gasteiger partial charge on any atom is -0.366 e. The van der Waals surface area contributed by atoms with E-state index in [0.717, 1.165) is 32.1 Å². The predicted molar refractivity (Wildman–Crippen MR) is 78.1 cm³/mol. The largest absolute Gasteiger partial charge is 0.366 e. The van der Waals surface area contributed by atoms with Gasteiger partial charge in [0.15, 0.2) is 0 Å². The Kier molecular flexibility index (Phi) is 4.74. The van der Waals surface area contributed by atoms with E-state index in [2.05, 4.69) is 5.32 Å². The third-order valence-electron chi connectivity index (χ3n) is 3.84. The first-order chi connectivity index (χ1) is 9.58. The fraction of sp³-hybridized carbons (Fsp3) is 0.467. The van der Waals surface area contributed by atoms with Crippen LogP contribution in [-0.4, -0.2) is 17.9 Å². The molecule has 1 aromatic carbocycles. The summed E-state index contributed by atoms with van der Waals surface area (Å²) in [5.74, 6) is -0.645. The standard InChI is InChI=1S/C15H21N3O2/c16-13-5-3-1-2-4-12(13)15(20)18-11-8-6-10(7-9-11)14(17)19/h6-9,12-13H,1-5,16H2,(H2,17,19)(H,18,20). The molecular formula is C15H21N3O2. The van der Waals surface area contributed by atoms with E-state index < -0.39 is 5.91 Å². The van der Waals surface area contributed by atoms with Gasteiger partial charge in [0, 0.05) is 17.3 Å². The molecule has 1 aliphatic rings. The molecule has 1 aromatic rings. The van der Waals surface area contributed by atoms with Crippen LogP contribution in [0, 0.1) is 5.92 Å². The van der Waals surface area contributed by atoms with Crippen LogP contribution in [-0.2, 0) is 4.79 Å². The number of carbonyl (C=O) groups excluding carboxylic acids is 2. The van der Waals surface area contributed by atoms with Gasteiger partial charge in [-0.25, -0.2) is 0 Å². The lowest BCUT2D eigenvalue weighted by Gasteiger charge is -2.20. The van der Waals surface area contributed by atoms with Crippen molar-refractivity contribution in [3.8, 4) is 0 Å². The Bertz CT molecular complexity index is 484. The van der Waals surface area contributed by atoms with Crippen molar-refractivity contribution in [3.05, 3.63) is 29.8 Å². The molecule has 0 heterocycles. The maximum atomic E-state index is 12.3. The van der Waals surface area contributed by atoms with Crippen molar-refractivity contribution in [1.29, 1.82) is 0 Å². The maximum absolute atomic E-state index is 12.3. The van der Waals surface area contributed by atoms with Gasteiger partial charge < -0.3 is 16.8 Å². The Morgan fingerprint density at radius 1 is 1.05 bits per heavy atom. The van der Waals surface area contributed by atoms with Crippen LogP contribution in [0.15, 0.2) is 24.3 Å². The zero-order valence-electron chi connectivity index (χ0n) is 11.5. The van der Waals surface area contributed by atoms with Gasteiger partial charge in [-0.05, 0) is 37.1 Å². The van der Waals surface area contributed by atoms with Gasteiger partial charge in [0.2, 0.25) is 11.8 Å². The topological polar surface area (TPSA) is 98.2 Å². The second kappa shape index (κ2) is 6.52. The predicted octanol–water partition coefficient (Wildman–Crippen LogP) is 1.63. The average Bonchev–Trinajstić information content (AvgIpc) is 2.64. The molecule has 20 heavy (non-hydrogen) atoms. The molecule has 0 aliphatic heterocycles. The van der Waals surface area contributed by atoms with Crippen LogP contribution in [0.3, 0.4) is 0 Å². The highest BCUT2D eigenvalue weighted by molar-refractivity contribution is 5.95. The second-order valence-electron chi connectivity index (χ2n) is 5.34. The lowest BCUT2D eigenvalue weighted by molar-refractivity contribution is -0.120. The highest BCUT2D eigenvalue weighted by Crippen LogP contribution is 2.23. The van der Waals surface area contributed by atoms with Crippen LogP contribution < -0.4 is 16.8 Å². The summed E-state index contributed by atoms with van der Waals surface area (Å²) in [6, 6.07) is 6.50. The molecule has 0 saturated heterocycles. The Balaban J connectivity index is 2.01. The van der Waals surface area contributed by atoms with E-state index >= 15 is 0 Å². The van der Waals surface area contributed by atoms with Crippen LogP contribution in [0.2, 0.25) is 0 Å².